The number of benzene rings is 2. The van der Waals surface area contributed by atoms with Crippen LogP contribution < -0.4 is 5.32 Å². The van der Waals surface area contributed by atoms with Gasteiger partial charge < -0.3 is 5.32 Å². The second-order valence-corrected chi connectivity index (χ2v) is 5.39. The first kappa shape index (κ1) is 15.4. The van der Waals surface area contributed by atoms with Gasteiger partial charge in [-0.15, -0.1) is 0 Å². The Morgan fingerprint density at radius 3 is 2.40 bits per heavy atom. The molecule has 0 bridgehead atoms. The van der Waals surface area contributed by atoms with E-state index >= 15 is 0 Å². The van der Waals surface area contributed by atoms with E-state index in [1.807, 2.05) is 0 Å². The van der Waals surface area contributed by atoms with E-state index in [0.29, 0.717) is 10.0 Å². The third-order valence-corrected chi connectivity index (χ3v) is 4.20. The zero-order valence-electron chi connectivity index (χ0n) is 10.4. The Morgan fingerprint density at radius 2 is 1.80 bits per heavy atom. The van der Waals surface area contributed by atoms with Crippen LogP contribution in [-0.4, -0.2) is 7.05 Å². The normalized spacial score (nSPS) is 12.5. The Bertz CT molecular complexity index is 649. The lowest BCUT2D eigenvalue weighted by Gasteiger charge is -2.19. The molecule has 6 heteroatoms. The molecule has 0 aromatic heterocycles. The summed E-state index contributed by atoms with van der Waals surface area (Å²) in [5, 5.41) is 2.82. The fraction of sp³-hybridized carbons (Fsp3) is 0.143. The molecule has 1 nitrogen and oxygen atoms in total. The molecule has 2 aromatic rings. The SMILES string of the molecule is CNC(c1ccc(F)c(F)c1)c1ccc(Br)c(Cl)c1F. The fourth-order valence-corrected chi connectivity index (χ4v) is 2.44. The van der Waals surface area contributed by atoms with Gasteiger partial charge in [-0.2, -0.15) is 0 Å². The lowest BCUT2D eigenvalue weighted by atomic mass is 9.98. The zero-order chi connectivity index (χ0) is 14.9. The predicted molar refractivity (Wildman–Crippen MR) is 76.4 cm³/mol. The molecule has 106 valence electrons. The maximum absolute atomic E-state index is 14.2. The van der Waals surface area contributed by atoms with Crippen molar-refractivity contribution >= 4 is 27.5 Å². The summed E-state index contributed by atoms with van der Waals surface area (Å²) in [5.41, 5.74) is 0.662. The van der Waals surface area contributed by atoms with Crippen molar-refractivity contribution in [1.29, 1.82) is 0 Å². The molecule has 2 aromatic carbocycles. The Labute approximate surface area is 127 Å². The van der Waals surface area contributed by atoms with E-state index in [-0.39, 0.29) is 10.6 Å². The number of hydrogen-bond acceptors (Lipinski definition) is 1. The van der Waals surface area contributed by atoms with Crippen LogP contribution in [0, 0.1) is 17.5 Å². The number of nitrogens with one attached hydrogen (secondary N) is 1. The number of halogens is 5. The first-order valence-corrected chi connectivity index (χ1v) is 6.88. The molecule has 0 fully saturated rings. The van der Waals surface area contributed by atoms with Gasteiger partial charge in [0, 0.05) is 10.0 Å². The Balaban J connectivity index is 2.52. The van der Waals surface area contributed by atoms with Crippen LogP contribution in [0.5, 0.6) is 0 Å². The van der Waals surface area contributed by atoms with E-state index < -0.39 is 23.5 Å². The molecule has 1 N–H and O–H groups in total. The van der Waals surface area contributed by atoms with Crippen LogP contribution in [0.2, 0.25) is 5.02 Å². The molecule has 1 unspecified atom stereocenters. The van der Waals surface area contributed by atoms with Gasteiger partial charge in [0.2, 0.25) is 0 Å². The van der Waals surface area contributed by atoms with Gasteiger partial charge in [0.05, 0.1) is 11.1 Å². The second-order valence-electron chi connectivity index (χ2n) is 4.16. The van der Waals surface area contributed by atoms with Crippen molar-refractivity contribution in [3.05, 3.63) is 68.4 Å². The molecule has 0 radical (unpaired) electrons. The maximum atomic E-state index is 14.2. The molecular formula is C14H10BrClF3N. The molecule has 0 aliphatic rings. The van der Waals surface area contributed by atoms with Gasteiger partial charge in [0.15, 0.2) is 11.6 Å². The molecule has 2 rings (SSSR count). The smallest absolute Gasteiger partial charge is 0.159 e. The van der Waals surface area contributed by atoms with Crippen LogP contribution in [0.25, 0.3) is 0 Å². The largest absolute Gasteiger partial charge is 0.309 e. The third kappa shape index (κ3) is 2.85. The van der Waals surface area contributed by atoms with E-state index in [1.165, 1.54) is 12.1 Å². The monoisotopic (exact) mass is 363 g/mol. The molecule has 0 spiro atoms. The Hall–Kier alpha value is -1.04. The summed E-state index contributed by atoms with van der Waals surface area (Å²) in [6.07, 6.45) is 0. The van der Waals surface area contributed by atoms with Crippen molar-refractivity contribution < 1.29 is 13.2 Å². The Morgan fingerprint density at radius 1 is 1.10 bits per heavy atom. The Kier molecular flexibility index (Phi) is 4.73. The second kappa shape index (κ2) is 6.16. The van der Waals surface area contributed by atoms with E-state index in [2.05, 4.69) is 21.2 Å². The van der Waals surface area contributed by atoms with Crippen molar-refractivity contribution in [2.45, 2.75) is 6.04 Å². The van der Waals surface area contributed by atoms with Crippen LogP contribution in [0.15, 0.2) is 34.8 Å². The first-order valence-electron chi connectivity index (χ1n) is 5.71. The van der Waals surface area contributed by atoms with Gasteiger partial charge in [-0.05, 0) is 46.7 Å². The quantitative estimate of drug-likeness (QED) is 0.769. The number of rotatable bonds is 3. The van der Waals surface area contributed by atoms with Gasteiger partial charge in [-0.25, -0.2) is 13.2 Å². The average Bonchev–Trinajstić information content (AvgIpc) is 2.43. The fourth-order valence-electron chi connectivity index (χ4n) is 1.96. The highest BCUT2D eigenvalue weighted by atomic mass is 79.9. The molecule has 1 atom stereocenters. The van der Waals surface area contributed by atoms with Gasteiger partial charge in [0.25, 0.3) is 0 Å². The van der Waals surface area contributed by atoms with E-state index in [1.54, 1.807) is 13.1 Å². The summed E-state index contributed by atoms with van der Waals surface area (Å²) in [7, 11) is 1.60. The summed E-state index contributed by atoms with van der Waals surface area (Å²) in [5.74, 6) is -2.53. The van der Waals surface area contributed by atoms with E-state index in [4.69, 9.17) is 11.6 Å². The molecule has 0 aliphatic carbocycles. The lowest BCUT2D eigenvalue weighted by Crippen LogP contribution is -2.19. The van der Waals surface area contributed by atoms with Crippen LogP contribution >= 0.6 is 27.5 Å². The minimum Gasteiger partial charge on any atom is -0.309 e. The lowest BCUT2D eigenvalue weighted by molar-refractivity contribution is 0.503. The van der Waals surface area contributed by atoms with Gasteiger partial charge >= 0.3 is 0 Å². The highest BCUT2D eigenvalue weighted by Crippen LogP contribution is 2.33. The first-order chi connectivity index (χ1) is 9.45. The molecule has 0 saturated heterocycles. The van der Waals surface area contributed by atoms with Crippen molar-refractivity contribution in [2.75, 3.05) is 7.05 Å². The van der Waals surface area contributed by atoms with Crippen LogP contribution in [0.1, 0.15) is 17.2 Å². The summed E-state index contributed by atoms with van der Waals surface area (Å²) < 4.78 is 40.9. The van der Waals surface area contributed by atoms with Crippen LogP contribution in [0.3, 0.4) is 0 Å². The van der Waals surface area contributed by atoms with Gasteiger partial charge in [0.1, 0.15) is 5.82 Å². The number of hydrogen-bond donors (Lipinski definition) is 1. The topological polar surface area (TPSA) is 12.0 Å². The molecule has 0 aliphatic heterocycles. The van der Waals surface area contributed by atoms with Crippen molar-refractivity contribution in [1.82, 2.24) is 5.32 Å². The van der Waals surface area contributed by atoms with E-state index in [0.717, 1.165) is 12.1 Å². The van der Waals surface area contributed by atoms with E-state index in [9.17, 15) is 13.2 Å². The highest BCUT2D eigenvalue weighted by molar-refractivity contribution is 9.10. The van der Waals surface area contributed by atoms with Gasteiger partial charge in [-0.3, -0.25) is 0 Å². The summed E-state index contributed by atoms with van der Waals surface area (Å²) in [6.45, 7) is 0. The van der Waals surface area contributed by atoms with Crippen molar-refractivity contribution in [2.24, 2.45) is 0 Å². The van der Waals surface area contributed by atoms with Crippen molar-refractivity contribution in [3.8, 4) is 0 Å². The van der Waals surface area contributed by atoms with Crippen LogP contribution in [0.4, 0.5) is 13.2 Å². The minimum absolute atomic E-state index is 0.0506. The average molecular weight is 365 g/mol. The summed E-state index contributed by atoms with van der Waals surface area (Å²) >= 11 is 8.97. The van der Waals surface area contributed by atoms with Crippen LogP contribution in [-0.2, 0) is 0 Å². The highest BCUT2D eigenvalue weighted by Gasteiger charge is 2.20. The molecule has 20 heavy (non-hydrogen) atoms. The summed E-state index contributed by atoms with van der Waals surface area (Å²) in [4.78, 5) is 0. The maximum Gasteiger partial charge on any atom is 0.159 e. The van der Waals surface area contributed by atoms with Gasteiger partial charge in [-0.1, -0.05) is 23.7 Å². The standard InChI is InChI=1S/C14H10BrClF3N/c1-20-14(7-2-5-10(17)11(18)6-7)8-3-4-9(15)12(16)13(8)19/h2-6,14,20H,1H3. The third-order valence-electron chi connectivity index (χ3n) is 2.94. The minimum atomic E-state index is -0.980. The molecule has 0 saturated carbocycles. The molecule has 0 heterocycles. The summed E-state index contributed by atoms with van der Waals surface area (Å²) in [6, 6.07) is 5.95. The van der Waals surface area contributed by atoms with Crippen molar-refractivity contribution in [3.63, 3.8) is 0 Å². The molecular weight excluding hydrogens is 355 g/mol. The molecule has 0 amide bonds. The zero-order valence-corrected chi connectivity index (χ0v) is 12.7. The predicted octanol–water partition coefficient (Wildman–Crippen LogP) is 4.83.